The topological polar surface area (TPSA) is 56.3 Å². The van der Waals surface area contributed by atoms with Gasteiger partial charge in [-0.25, -0.2) is 9.37 Å². The van der Waals surface area contributed by atoms with E-state index >= 15 is 0 Å². The minimum Gasteiger partial charge on any atom is -0.436 e. The number of rotatable bonds is 4. The molecule has 2 aromatic rings. The largest absolute Gasteiger partial charge is 0.436 e. The number of hydrogen-bond acceptors (Lipinski definition) is 4. The van der Waals surface area contributed by atoms with E-state index < -0.39 is 11.7 Å². The van der Waals surface area contributed by atoms with E-state index in [4.69, 9.17) is 16.3 Å². The molecule has 1 unspecified atom stereocenters. The zero-order valence-electron chi connectivity index (χ0n) is 16.0. The average Bonchev–Trinajstić information content (AvgIpc) is 3.38. The van der Waals surface area contributed by atoms with Gasteiger partial charge in [0.15, 0.2) is 17.4 Å². The average molecular weight is 414 g/mol. The number of benzene rings is 1. The number of aromatic nitrogens is 1. The second kappa shape index (κ2) is 6.91. The number of aryl methyl sites for hydroxylation is 1. The number of ketones is 2. The Morgan fingerprint density at radius 3 is 2.45 bits per heavy atom. The predicted molar refractivity (Wildman–Crippen MR) is 106 cm³/mol. The van der Waals surface area contributed by atoms with Gasteiger partial charge >= 0.3 is 0 Å². The molecule has 0 spiro atoms. The third-order valence-corrected chi connectivity index (χ3v) is 7.15. The van der Waals surface area contributed by atoms with Gasteiger partial charge in [0.25, 0.3) is 5.88 Å². The minimum absolute atomic E-state index is 0.0647. The Morgan fingerprint density at radius 2 is 1.83 bits per heavy atom. The summed E-state index contributed by atoms with van der Waals surface area (Å²) in [5, 5.41) is 0.181. The van der Waals surface area contributed by atoms with Crippen LogP contribution in [0.5, 0.6) is 11.6 Å². The summed E-state index contributed by atoms with van der Waals surface area (Å²) < 4.78 is 19.7. The Morgan fingerprint density at radius 1 is 1.14 bits per heavy atom. The molecule has 0 amide bonds. The first-order chi connectivity index (χ1) is 14.0. The molecule has 0 saturated heterocycles. The van der Waals surface area contributed by atoms with Crippen molar-refractivity contribution in [1.82, 2.24) is 4.98 Å². The fourth-order valence-corrected chi connectivity index (χ4v) is 5.90. The molecule has 5 atom stereocenters. The molecule has 0 N–H and O–H groups in total. The Kier molecular flexibility index (Phi) is 4.46. The smallest absolute Gasteiger partial charge is 0.255 e. The molecule has 0 radical (unpaired) electrons. The van der Waals surface area contributed by atoms with Crippen molar-refractivity contribution < 1.29 is 18.7 Å². The highest BCUT2D eigenvalue weighted by atomic mass is 35.5. The van der Waals surface area contributed by atoms with E-state index in [2.05, 4.69) is 4.98 Å². The van der Waals surface area contributed by atoms with Gasteiger partial charge in [-0.3, -0.25) is 9.59 Å². The normalized spacial score (nSPS) is 30.1. The Balaban J connectivity index is 1.50. The van der Waals surface area contributed by atoms with Gasteiger partial charge in [-0.15, -0.1) is 0 Å². The molecule has 1 aromatic carbocycles. The number of Topliss-reactive ketones (excluding diaryl/α,β-unsaturated/α-hetero) is 2. The van der Waals surface area contributed by atoms with Crippen LogP contribution in [0.1, 0.15) is 43.2 Å². The summed E-state index contributed by atoms with van der Waals surface area (Å²) in [5.41, 5.74) is 1.64. The maximum Gasteiger partial charge on any atom is 0.255 e. The molecule has 4 nitrogen and oxygen atoms in total. The SMILES string of the molecule is CCc1ccc(Oc2ncc(Cl)cc2F)cc1C1C(=O)[C@@H]2[C@@H]3CC[C@@H](C3)[C@@H]2C1=O. The van der Waals surface area contributed by atoms with Crippen molar-refractivity contribution in [2.75, 3.05) is 0 Å². The lowest BCUT2D eigenvalue weighted by molar-refractivity contribution is -0.125. The van der Waals surface area contributed by atoms with Gasteiger partial charge in [-0.05, 0) is 66.8 Å². The van der Waals surface area contributed by atoms with Gasteiger partial charge in [-0.2, -0.15) is 0 Å². The number of halogens is 2. The van der Waals surface area contributed by atoms with Gasteiger partial charge in [0.1, 0.15) is 11.7 Å². The molecule has 0 aliphatic heterocycles. The van der Waals surface area contributed by atoms with Crippen molar-refractivity contribution in [1.29, 1.82) is 0 Å². The summed E-state index contributed by atoms with van der Waals surface area (Å²) in [6.45, 7) is 1.99. The van der Waals surface area contributed by atoms with E-state index in [1.165, 1.54) is 6.20 Å². The second-order valence-corrected chi connectivity index (χ2v) is 8.82. The molecule has 6 heteroatoms. The van der Waals surface area contributed by atoms with Gasteiger partial charge in [0.05, 0.1) is 5.02 Å². The van der Waals surface area contributed by atoms with Crippen molar-refractivity contribution in [3.05, 3.63) is 52.4 Å². The van der Waals surface area contributed by atoms with Crippen molar-refractivity contribution in [3.63, 3.8) is 0 Å². The van der Waals surface area contributed by atoms with E-state index in [-0.39, 0.29) is 34.3 Å². The standard InChI is InChI=1S/C23H21ClFNO3/c1-2-11-5-6-15(29-23-17(25)8-14(24)10-26-23)9-16(11)20-21(27)18-12-3-4-13(7-12)19(18)22(20)28/h5-6,8-10,12-13,18-20H,2-4,7H2,1H3/t12-,13+,18-,19+,20?. The number of hydrogen-bond donors (Lipinski definition) is 0. The van der Waals surface area contributed by atoms with Gasteiger partial charge < -0.3 is 4.74 Å². The molecule has 3 aliphatic rings. The molecule has 150 valence electrons. The van der Waals surface area contributed by atoms with Crippen molar-refractivity contribution >= 4 is 23.2 Å². The Labute approximate surface area is 173 Å². The minimum atomic E-state index is -0.727. The lowest BCUT2D eigenvalue weighted by Crippen LogP contribution is -2.24. The third kappa shape index (κ3) is 2.90. The highest BCUT2D eigenvalue weighted by Crippen LogP contribution is 2.59. The Hall–Kier alpha value is -2.27. The summed E-state index contributed by atoms with van der Waals surface area (Å²) in [6.07, 6.45) is 5.14. The van der Waals surface area contributed by atoms with E-state index in [9.17, 15) is 14.0 Å². The van der Waals surface area contributed by atoms with Crippen LogP contribution >= 0.6 is 11.6 Å². The lowest BCUT2D eigenvalue weighted by Gasteiger charge is -2.21. The van der Waals surface area contributed by atoms with Crippen LogP contribution in [-0.2, 0) is 16.0 Å². The first kappa shape index (κ1) is 18.7. The van der Waals surface area contributed by atoms with Crippen molar-refractivity contribution in [2.45, 2.75) is 38.5 Å². The molecule has 3 fully saturated rings. The summed E-state index contributed by atoms with van der Waals surface area (Å²) >= 11 is 5.75. The monoisotopic (exact) mass is 413 g/mol. The van der Waals surface area contributed by atoms with Crippen LogP contribution in [0, 0.1) is 29.5 Å². The highest BCUT2D eigenvalue weighted by Gasteiger charge is 2.61. The third-order valence-electron chi connectivity index (χ3n) is 6.94. The van der Waals surface area contributed by atoms with Crippen LogP contribution in [0.25, 0.3) is 0 Å². The van der Waals surface area contributed by atoms with Crippen molar-refractivity contribution in [3.8, 4) is 11.6 Å². The predicted octanol–water partition coefficient (Wildman–Crippen LogP) is 5.13. The van der Waals surface area contributed by atoms with Crippen LogP contribution in [0.4, 0.5) is 4.39 Å². The molecule has 3 aliphatic carbocycles. The molecule has 2 bridgehead atoms. The van der Waals surface area contributed by atoms with Crippen LogP contribution in [0.3, 0.4) is 0 Å². The lowest BCUT2D eigenvalue weighted by atomic mass is 9.81. The number of carbonyl (C=O) groups excluding carboxylic acids is 2. The second-order valence-electron chi connectivity index (χ2n) is 8.38. The molecular formula is C23H21ClFNO3. The zero-order chi connectivity index (χ0) is 20.3. The fraction of sp³-hybridized carbons (Fsp3) is 0.435. The summed E-state index contributed by atoms with van der Waals surface area (Å²) in [7, 11) is 0. The molecule has 5 rings (SSSR count). The first-order valence-corrected chi connectivity index (χ1v) is 10.5. The van der Waals surface area contributed by atoms with Gasteiger partial charge in [-0.1, -0.05) is 24.6 Å². The van der Waals surface area contributed by atoms with Crippen LogP contribution in [-0.4, -0.2) is 16.6 Å². The van der Waals surface area contributed by atoms with E-state index in [0.717, 1.165) is 30.9 Å². The summed E-state index contributed by atoms with van der Waals surface area (Å²) in [5.74, 6) is -0.606. The number of carbonyl (C=O) groups is 2. The number of nitrogens with zero attached hydrogens (tertiary/aromatic N) is 1. The molecular weight excluding hydrogens is 393 g/mol. The summed E-state index contributed by atoms with van der Waals surface area (Å²) in [4.78, 5) is 30.4. The number of ether oxygens (including phenoxy) is 1. The quantitative estimate of drug-likeness (QED) is 0.652. The molecule has 1 heterocycles. The summed E-state index contributed by atoms with van der Waals surface area (Å²) in [6, 6.07) is 6.40. The van der Waals surface area contributed by atoms with Gasteiger partial charge in [0, 0.05) is 18.0 Å². The van der Waals surface area contributed by atoms with E-state index in [0.29, 0.717) is 29.6 Å². The number of fused-ring (bicyclic) bond motifs is 5. The van der Waals surface area contributed by atoms with Gasteiger partial charge in [0.2, 0.25) is 0 Å². The van der Waals surface area contributed by atoms with Crippen LogP contribution in [0.2, 0.25) is 5.02 Å². The first-order valence-electron chi connectivity index (χ1n) is 10.2. The fourth-order valence-electron chi connectivity index (χ4n) is 5.76. The van der Waals surface area contributed by atoms with Crippen LogP contribution in [0.15, 0.2) is 30.5 Å². The molecule has 1 aromatic heterocycles. The molecule has 29 heavy (non-hydrogen) atoms. The molecule has 3 saturated carbocycles. The van der Waals surface area contributed by atoms with E-state index in [1.807, 2.05) is 13.0 Å². The maximum atomic E-state index is 14.1. The zero-order valence-corrected chi connectivity index (χ0v) is 16.8. The number of pyridine rings is 1. The highest BCUT2D eigenvalue weighted by molar-refractivity contribution is 6.30. The van der Waals surface area contributed by atoms with E-state index in [1.54, 1.807) is 12.1 Å². The van der Waals surface area contributed by atoms with Crippen molar-refractivity contribution in [2.24, 2.45) is 23.7 Å². The Bertz CT molecular complexity index is 995. The maximum absolute atomic E-state index is 14.1. The van der Waals surface area contributed by atoms with Crippen LogP contribution < -0.4 is 4.74 Å².